The number of hydrogen-bond acceptors (Lipinski definition) is 5. The lowest BCUT2D eigenvalue weighted by molar-refractivity contribution is -0.139. The van der Waals surface area contributed by atoms with Crippen LogP contribution in [0.1, 0.15) is 18.2 Å². The van der Waals surface area contributed by atoms with E-state index in [9.17, 15) is 27.2 Å². The zero-order chi connectivity index (χ0) is 24.5. The van der Waals surface area contributed by atoms with Crippen LogP contribution in [0.5, 0.6) is 0 Å². The lowest BCUT2D eigenvalue weighted by Gasteiger charge is -2.17. The number of nitrogens with one attached hydrogen (secondary N) is 1. The Morgan fingerprint density at radius 3 is 2.53 bits per heavy atom. The Bertz CT molecular complexity index is 1450. The van der Waals surface area contributed by atoms with Crippen LogP contribution in [0.3, 0.4) is 0 Å². The van der Waals surface area contributed by atoms with Gasteiger partial charge in [0.05, 0.1) is 16.6 Å². The van der Waals surface area contributed by atoms with Crippen LogP contribution in [0.15, 0.2) is 59.7 Å². The Hall–Kier alpha value is -4.15. The number of aromatic nitrogens is 4. The molecule has 11 heteroatoms. The van der Waals surface area contributed by atoms with Gasteiger partial charge in [0.25, 0.3) is 5.56 Å². The third-order valence-corrected chi connectivity index (χ3v) is 5.03. The second-order valence-electron chi connectivity index (χ2n) is 7.37. The number of hydrogen-bond donors (Lipinski definition) is 1. The average molecular weight is 471 g/mol. The van der Waals surface area contributed by atoms with Gasteiger partial charge in [-0.15, -0.1) is 0 Å². The third-order valence-electron chi connectivity index (χ3n) is 5.03. The van der Waals surface area contributed by atoms with Crippen molar-refractivity contribution in [3.63, 3.8) is 0 Å². The van der Waals surface area contributed by atoms with Gasteiger partial charge in [-0.25, -0.2) is 9.37 Å². The van der Waals surface area contributed by atoms with Crippen LogP contribution in [0.25, 0.3) is 22.4 Å². The largest absolute Gasteiger partial charge is 0.434 e. The summed E-state index contributed by atoms with van der Waals surface area (Å²) >= 11 is 0. The maximum absolute atomic E-state index is 14.2. The predicted molar refractivity (Wildman–Crippen MR) is 116 cm³/mol. The number of fused-ring (bicyclic) bond motifs is 1. The van der Waals surface area contributed by atoms with E-state index in [-0.39, 0.29) is 41.3 Å². The fourth-order valence-corrected chi connectivity index (χ4v) is 3.57. The van der Waals surface area contributed by atoms with Gasteiger partial charge in [-0.05, 0) is 36.2 Å². The summed E-state index contributed by atoms with van der Waals surface area (Å²) in [5.74, 6) is -1.00. The van der Waals surface area contributed by atoms with Gasteiger partial charge in [0.1, 0.15) is 11.5 Å². The molecule has 0 aliphatic carbocycles. The Morgan fingerprint density at radius 1 is 1.06 bits per heavy atom. The molecule has 4 aromatic rings. The van der Waals surface area contributed by atoms with E-state index in [1.54, 1.807) is 12.1 Å². The molecule has 1 N–H and O–H groups in total. The fourth-order valence-electron chi connectivity index (χ4n) is 3.57. The molecule has 3 aromatic heterocycles. The summed E-state index contributed by atoms with van der Waals surface area (Å²) < 4.78 is 56.0. The maximum atomic E-state index is 14.2. The normalized spacial score (nSPS) is 11.6. The zero-order valence-corrected chi connectivity index (χ0v) is 17.7. The summed E-state index contributed by atoms with van der Waals surface area (Å²) in [6, 6.07) is 10.1. The first-order valence-corrected chi connectivity index (χ1v) is 10.1. The Kier molecular flexibility index (Phi) is 6.10. The van der Waals surface area contributed by atoms with Gasteiger partial charge in [-0.1, -0.05) is 18.2 Å². The molecule has 0 bridgehead atoms. The van der Waals surface area contributed by atoms with Crippen molar-refractivity contribution < 1.29 is 22.4 Å². The molecule has 0 fully saturated rings. The van der Waals surface area contributed by atoms with Crippen molar-refractivity contribution in [1.82, 2.24) is 19.5 Å². The standard InChI is InChI=1S/C23H17F4N5O2/c1-13(33)30-17-7-4-10-28-19(17)21-31-16-8-11-29-20(23(25,26)27)18(16)22(34)32(21)12-9-14-5-2-3-6-15(14)24/h2-8,10-11H,9,12H2,1H3,(H,30,33). The predicted octanol–water partition coefficient (Wildman–Crippen LogP) is 4.21. The van der Waals surface area contributed by atoms with Gasteiger partial charge in [-0.2, -0.15) is 13.2 Å². The summed E-state index contributed by atoms with van der Waals surface area (Å²) in [4.78, 5) is 36.9. The van der Waals surface area contributed by atoms with Crippen LogP contribution >= 0.6 is 0 Å². The smallest absolute Gasteiger partial charge is 0.324 e. The van der Waals surface area contributed by atoms with E-state index in [1.165, 1.54) is 43.5 Å². The van der Waals surface area contributed by atoms with Gasteiger partial charge in [0.2, 0.25) is 5.91 Å². The SMILES string of the molecule is CC(=O)Nc1cccnc1-c1nc2ccnc(C(F)(F)F)c2c(=O)n1CCc1ccccc1F. The van der Waals surface area contributed by atoms with E-state index in [0.29, 0.717) is 0 Å². The molecule has 0 radical (unpaired) electrons. The second-order valence-corrected chi connectivity index (χ2v) is 7.37. The highest BCUT2D eigenvalue weighted by Crippen LogP contribution is 2.32. The highest BCUT2D eigenvalue weighted by atomic mass is 19.4. The number of rotatable bonds is 5. The molecule has 0 aliphatic heterocycles. The monoisotopic (exact) mass is 471 g/mol. The number of benzene rings is 1. The highest BCUT2D eigenvalue weighted by molar-refractivity contribution is 5.93. The van der Waals surface area contributed by atoms with Crippen LogP contribution in [0.2, 0.25) is 0 Å². The van der Waals surface area contributed by atoms with Crippen molar-refractivity contribution in [3.8, 4) is 11.5 Å². The number of pyridine rings is 2. The van der Waals surface area contributed by atoms with Crippen molar-refractivity contribution in [2.45, 2.75) is 26.1 Å². The molecule has 0 saturated carbocycles. The Morgan fingerprint density at radius 2 is 1.82 bits per heavy atom. The van der Waals surface area contributed by atoms with E-state index in [1.807, 2.05) is 0 Å². The topological polar surface area (TPSA) is 89.8 Å². The average Bonchev–Trinajstić information content (AvgIpc) is 2.78. The third kappa shape index (κ3) is 4.49. The molecule has 7 nitrogen and oxygen atoms in total. The van der Waals surface area contributed by atoms with E-state index in [0.717, 1.165) is 10.8 Å². The number of nitrogens with zero attached hydrogens (tertiary/aromatic N) is 4. The number of aryl methyl sites for hydroxylation is 1. The number of amides is 1. The van der Waals surface area contributed by atoms with Crippen LogP contribution in [0.4, 0.5) is 23.2 Å². The lowest BCUT2D eigenvalue weighted by Crippen LogP contribution is -2.28. The summed E-state index contributed by atoms with van der Waals surface area (Å²) in [7, 11) is 0. The van der Waals surface area contributed by atoms with Gasteiger partial charge in [0, 0.05) is 25.9 Å². The minimum Gasteiger partial charge on any atom is -0.324 e. The minimum atomic E-state index is -4.89. The first-order chi connectivity index (χ1) is 16.2. The first-order valence-electron chi connectivity index (χ1n) is 10.1. The Balaban J connectivity index is 1.98. The molecule has 0 spiro atoms. The van der Waals surface area contributed by atoms with Gasteiger partial charge >= 0.3 is 6.18 Å². The maximum Gasteiger partial charge on any atom is 0.434 e. The summed E-state index contributed by atoms with van der Waals surface area (Å²) in [5.41, 5.74) is -2.04. The number of carbonyl (C=O) groups is 1. The van der Waals surface area contributed by atoms with Gasteiger partial charge in [0.15, 0.2) is 11.5 Å². The first kappa shape index (κ1) is 23.0. The van der Waals surface area contributed by atoms with Gasteiger partial charge < -0.3 is 5.32 Å². The molecule has 174 valence electrons. The molecule has 0 saturated heterocycles. The van der Waals surface area contributed by atoms with E-state index in [2.05, 4.69) is 20.3 Å². The molecule has 34 heavy (non-hydrogen) atoms. The highest BCUT2D eigenvalue weighted by Gasteiger charge is 2.36. The lowest BCUT2D eigenvalue weighted by atomic mass is 10.1. The van der Waals surface area contributed by atoms with Crippen LogP contribution < -0.4 is 10.9 Å². The van der Waals surface area contributed by atoms with Crippen molar-refractivity contribution in [2.24, 2.45) is 0 Å². The summed E-state index contributed by atoms with van der Waals surface area (Å²) in [5, 5.41) is 1.87. The van der Waals surface area contributed by atoms with Crippen molar-refractivity contribution in [2.75, 3.05) is 5.32 Å². The molecule has 4 rings (SSSR count). The molecule has 1 aromatic carbocycles. The van der Waals surface area contributed by atoms with Crippen molar-refractivity contribution in [1.29, 1.82) is 0 Å². The van der Waals surface area contributed by atoms with Crippen LogP contribution in [-0.2, 0) is 23.9 Å². The molecule has 0 aliphatic rings. The molecular weight excluding hydrogens is 454 g/mol. The molecular formula is C23H17F4N5O2. The van der Waals surface area contributed by atoms with E-state index < -0.39 is 34.5 Å². The van der Waals surface area contributed by atoms with Crippen LogP contribution in [-0.4, -0.2) is 25.4 Å². The number of halogens is 4. The number of carbonyl (C=O) groups excluding carboxylic acids is 1. The summed E-state index contributed by atoms with van der Waals surface area (Å²) in [6.07, 6.45) is -2.58. The minimum absolute atomic E-state index is 0.00329. The number of alkyl halides is 3. The summed E-state index contributed by atoms with van der Waals surface area (Å²) in [6.45, 7) is 1.08. The fraction of sp³-hybridized carbons (Fsp3) is 0.174. The van der Waals surface area contributed by atoms with Crippen molar-refractivity contribution >= 4 is 22.5 Å². The molecule has 3 heterocycles. The molecule has 0 atom stereocenters. The zero-order valence-electron chi connectivity index (χ0n) is 17.7. The van der Waals surface area contributed by atoms with Crippen molar-refractivity contribution in [3.05, 3.63) is 82.3 Å². The quantitative estimate of drug-likeness (QED) is 0.441. The van der Waals surface area contributed by atoms with E-state index >= 15 is 0 Å². The second kappa shape index (κ2) is 9.00. The number of anilines is 1. The molecule has 0 unspecified atom stereocenters. The van der Waals surface area contributed by atoms with Crippen LogP contribution in [0, 0.1) is 5.82 Å². The Labute approximate surface area is 190 Å². The van der Waals surface area contributed by atoms with E-state index in [4.69, 9.17) is 0 Å². The van der Waals surface area contributed by atoms with Gasteiger partial charge in [-0.3, -0.25) is 24.1 Å². The molecule has 1 amide bonds.